The summed E-state index contributed by atoms with van der Waals surface area (Å²) in [6.07, 6.45) is 3.73. The van der Waals surface area contributed by atoms with Crippen LogP contribution in [0.4, 0.5) is 0 Å². The molecule has 236 valence electrons. The molecule has 0 bridgehead atoms. The first-order valence-electron chi connectivity index (χ1n) is 14.9. The van der Waals surface area contributed by atoms with Crippen LogP contribution in [-0.4, -0.2) is 94.0 Å². The fourth-order valence-electron chi connectivity index (χ4n) is 6.58. The molecule has 0 aliphatic carbocycles. The number of ether oxygens (including phenoxy) is 2. The van der Waals surface area contributed by atoms with Gasteiger partial charge in [0.15, 0.2) is 11.5 Å². The zero-order valence-corrected chi connectivity index (χ0v) is 27.3. The number of likely N-dealkylation sites (tertiary alicyclic amines) is 2. The lowest BCUT2D eigenvalue weighted by molar-refractivity contribution is -0.143. The highest BCUT2D eigenvalue weighted by Gasteiger charge is 2.37. The molecular weight excluding hydrogens is 624 g/mol. The number of halogens is 1. The van der Waals surface area contributed by atoms with Crippen LogP contribution in [0.5, 0.6) is 11.5 Å². The van der Waals surface area contributed by atoms with Crippen molar-refractivity contribution in [1.29, 1.82) is 0 Å². The molecule has 4 heterocycles. The molecule has 3 aliphatic rings. The van der Waals surface area contributed by atoms with Crippen LogP contribution in [0.3, 0.4) is 0 Å². The highest BCUT2D eigenvalue weighted by molar-refractivity contribution is 7.91. The van der Waals surface area contributed by atoms with Crippen molar-refractivity contribution < 1.29 is 27.5 Å². The number of benzene rings is 2. The minimum absolute atomic E-state index is 0.0469. The Balaban J connectivity index is 1.07. The second-order valence-corrected chi connectivity index (χ2v) is 15.1. The molecule has 2 atom stereocenters. The topological polar surface area (TPSA) is 108 Å². The maximum atomic E-state index is 13.5. The molecule has 2 aromatic carbocycles. The van der Waals surface area contributed by atoms with Gasteiger partial charge in [-0.2, -0.15) is 4.72 Å². The molecule has 0 radical (unpaired) electrons. The van der Waals surface area contributed by atoms with Crippen molar-refractivity contribution in [2.24, 2.45) is 0 Å². The first kappa shape index (κ1) is 31.1. The maximum absolute atomic E-state index is 13.5. The number of hydrogen-bond donors (Lipinski definition) is 1. The van der Waals surface area contributed by atoms with Crippen molar-refractivity contribution in [2.75, 3.05) is 46.9 Å². The van der Waals surface area contributed by atoms with Gasteiger partial charge in [-0.25, -0.2) is 8.42 Å². The van der Waals surface area contributed by atoms with E-state index in [2.05, 4.69) is 15.7 Å². The number of nitrogens with zero attached hydrogens (tertiary/aromatic N) is 3. The Kier molecular flexibility index (Phi) is 9.07. The molecule has 1 N–H and O–H groups in total. The van der Waals surface area contributed by atoms with Gasteiger partial charge in [-0.1, -0.05) is 11.6 Å². The normalized spacial score (nSPS) is 21.1. The number of rotatable bonds is 9. The van der Waals surface area contributed by atoms with E-state index in [1.54, 1.807) is 38.5 Å². The number of amides is 2. The lowest BCUT2D eigenvalue weighted by Crippen LogP contribution is -2.55. The fourth-order valence-corrected chi connectivity index (χ4v) is 9.38. The van der Waals surface area contributed by atoms with Gasteiger partial charge in [0.2, 0.25) is 11.8 Å². The van der Waals surface area contributed by atoms with Crippen molar-refractivity contribution in [3.63, 3.8) is 0 Å². The molecule has 3 aliphatic heterocycles. The standard InChI is InChI=1S/C31H37ClN4O6S2/c1-41-26-14-20-9-12-34(17-22(20)15-27(26)42-2)18-24-5-3-11-36(24)29(37)19-35-10-4-6-25(31(35)38)33-44(39,40)30-16-21-13-23(32)7-8-28(21)43-30/h7-8,13-16,24-25,33H,3-6,9-12,17-19H2,1-2H3/t24-,25-/m0/s1. The van der Waals surface area contributed by atoms with Gasteiger partial charge < -0.3 is 19.3 Å². The summed E-state index contributed by atoms with van der Waals surface area (Å²) >= 11 is 7.20. The van der Waals surface area contributed by atoms with E-state index in [4.69, 9.17) is 21.1 Å². The summed E-state index contributed by atoms with van der Waals surface area (Å²) < 4.78 is 40.9. The minimum atomic E-state index is -3.93. The second-order valence-electron chi connectivity index (χ2n) is 11.7. The van der Waals surface area contributed by atoms with Gasteiger partial charge in [0.25, 0.3) is 10.0 Å². The van der Waals surface area contributed by atoms with Crippen molar-refractivity contribution >= 4 is 54.9 Å². The van der Waals surface area contributed by atoms with Gasteiger partial charge in [0.1, 0.15) is 10.3 Å². The SMILES string of the molecule is COc1cc2c(cc1OC)CN(C[C@@H]1CCCN1C(=O)CN1CCC[C@H](NS(=O)(=O)c3cc4cc(Cl)ccc4s3)C1=O)CC2. The molecule has 6 rings (SSSR count). The largest absolute Gasteiger partial charge is 0.493 e. The van der Waals surface area contributed by atoms with Crippen LogP contribution in [0.2, 0.25) is 5.02 Å². The molecule has 1 aromatic heterocycles. The number of fused-ring (bicyclic) bond motifs is 2. The molecule has 2 amide bonds. The molecule has 0 saturated carbocycles. The Hall–Kier alpha value is -2.90. The lowest BCUT2D eigenvalue weighted by atomic mass is 9.98. The van der Waals surface area contributed by atoms with Crippen LogP contribution in [0.1, 0.15) is 36.8 Å². The van der Waals surface area contributed by atoms with Crippen LogP contribution in [-0.2, 0) is 32.6 Å². The molecule has 0 spiro atoms. The highest BCUT2D eigenvalue weighted by Crippen LogP contribution is 2.34. The zero-order chi connectivity index (χ0) is 31.0. The van der Waals surface area contributed by atoms with Crippen molar-refractivity contribution in [1.82, 2.24) is 19.4 Å². The molecule has 44 heavy (non-hydrogen) atoms. The van der Waals surface area contributed by atoms with E-state index in [0.717, 1.165) is 66.1 Å². The van der Waals surface area contributed by atoms with E-state index < -0.39 is 16.1 Å². The molecule has 2 fully saturated rings. The summed E-state index contributed by atoms with van der Waals surface area (Å²) in [4.78, 5) is 32.7. The Morgan fingerprint density at radius 3 is 2.55 bits per heavy atom. The third-order valence-electron chi connectivity index (χ3n) is 8.84. The summed E-state index contributed by atoms with van der Waals surface area (Å²) in [6.45, 7) is 3.46. The smallest absolute Gasteiger partial charge is 0.250 e. The van der Waals surface area contributed by atoms with Crippen LogP contribution in [0.25, 0.3) is 10.1 Å². The van der Waals surface area contributed by atoms with E-state index in [1.165, 1.54) is 16.0 Å². The Labute approximate surface area is 266 Å². The minimum Gasteiger partial charge on any atom is -0.493 e. The Morgan fingerprint density at radius 1 is 1.02 bits per heavy atom. The number of thiophene rings is 1. The maximum Gasteiger partial charge on any atom is 0.250 e. The van der Waals surface area contributed by atoms with E-state index >= 15 is 0 Å². The van der Waals surface area contributed by atoms with Crippen LogP contribution in [0.15, 0.2) is 40.6 Å². The van der Waals surface area contributed by atoms with Gasteiger partial charge >= 0.3 is 0 Å². The quantitative estimate of drug-likeness (QED) is 0.371. The molecule has 0 unspecified atom stereocenters. The fraction of sp³-hybridized carbons (Fsp3) is 0.484. The van der Waals surface area contributed by atoms with Crippen LogP contribution >= 0.6 is 22.9 Å². The van der Waals surface area contributed by atoms with E-state index in [1.807, 2.05) is 11.0 Å². The van der Waals surface area contributed by atoms with Gasteiger partial charge in [-0.3, -0.25) is 14.5 Å². The van der Waals surface area contributed by atoms with E-state index in [0.29, 0.717) is 36.7 Å². The second kappa shape index (κ2) is 12.8. The zero-order valence-electron chi connectivity index (χ0n) is 24.9. The molecule has 2 saturated heterocycles. The molecule has 13 heteroatoms. The van der Waals surface area contributed by atoms with Gasteiger partial charge in [-0.15, -0.1) is 11.3 Å². The Bertz CT molecular complexity index is 1680. The number of hydrogen-bond acceptors (Lipinski definition) is 8. The van der Waals surface area contributed by atoms with E-state index in [-0.39, 0.29) is 28.6 Å². The highest BCUT2D eigenvalue weighted by atomic mass is 35.5. The number of nitrogens with one attached hydrogen (secondary N) is 1. The van der Waals surface area contributed by atoms with Crippen molar-refractivity contribution in [2.45, 2.75) is 54.9 Å². The third kappa shape index (κ3) is 6.41. The van der Waals surface area contributed by atoms with Crippen molar-refractivity contribution in [3.8, 4) is 11.5 Å². The lowest BCUT2D eigenvalue weighted by Gasteiger charge is -2.36. The number of piperidine rings is 1. The third-order valence-corrected chi connectivity index (χ3v) is 12.1. The first-order chi connectivity index (χ1) is 21.1. The monoisotopic (exact) mass is 660 g/mol. The van der Waals surface area contributed by atoms with Crippen molar-refractivity contribution in [3.05, 3.63) is 52.5 Å². The number of carbonyl (C=O) groups is 2. The molecule has 10 nitrogen and oxygen atoms in total. The summed E-state index contributed by atoms with van der Waals surface area (Å²) in [5.41, 5.74) is 2.46. The summed E-state index contributed by atoms with van der Waals surface area (Å²) in [7, 11) is -0.646. The summed E-state index contributed by atoms with van der Waals surface area (Å²) in [5, 5.41) is 1.26. The summed E-state index contributed by atoms with van der Waals surface area (Å²) in [5.74, 6) is 1.01. The number of methoxy groups -OCH3 is 2. The Morgan fingerprint density at radius 2 is 1.77 bits per heavy atom. The predicted octanol–water partition coefficient (Wildman–Crippen LogP) is 3.89. The molecule has 3 aromatic rings. The van der Waals surface area contributed by atoms with Gasteiger partial charge in [-0.05, 0) is 85.0 Å². The average molecular weight is 661 g/mol. The van der Waals surface area contributed by atoms with Gasteiger partial charge in [0.05, 0.1) is 20.8 Å². The average Bonchev–Trinajstić information content (AvgIpc) is 3.65. The number of carbonyl (C=O) groups excluding carboxylic acids is 2. The van der Waals surface area contributed by atoms with Crippen LogP contribution in [0, 0.1) is 0 Å². The van der Waals surface area contributed by atoms with E-state index in [9.17, 15) is 18.0 Å². The first-order valence-corrected chi connectivity index (χ1v) is 17.6. The van der Waals surface area contributed by atoms with Gasteiger partial charge in [0, 0.05) is 48.5 Å². The number of sulfonamides is 1. The summed E-state index contributed by atoms with van der Waals surface area (Å²) in [6, 6.07) is 10.0. The molecular formula is C31H37ClN4O6S2. The van der Waals surface area contributed by atoms with Crippen LogP contribution < -0.4 is 14.2 Å². The predicted molar refractivity (Wildman–Crippen MR) is 170 cm³/mol.